The second-order valence-corrected chi connectivity index (χ2v) is 28.4. The van der Waals surface area contributed by atoms with Gasteiger partial charge in [0.1, 0.15) is 5.58 Å². The fraction of sp³-hybridized carbons (Fsp3) is 0.324. The minimum Gasteiger partial charge on any atom is -0.468 e. The predicted octanol–water partition coefficient (Wildman–Crippen LogP) is 18.9. The monoisotopic (exact) mass is 1040 g/mol. The number of furan rings is 1. The summed E-state index contributed by atoms with van der Waals surface area (Å²) in [5.74, 6) is 0. The van der Waals surface area contributed by atoms with E-state index in [4.69, 9.17) is 4.42 Å². The molecule has 0 saturated carbocycles. The van der Waals surface area contributed by atoms with Gasteiger partial charge < -0.3 is 19.1 Å². The Bertz CT molecular complexity index is 3830. The van der Waals surface area contributed by atoms with Gasteiger partial charge in [-0.05, 0) is 187 Å². The molecule has 2 aliphatic heterocycles. The van der Waals surface area contributed by atoms with Crippen LogP contribution in [-0.2, 0) is 32.5 Å². The fourth-order valence-electron chi connectivity index (χ4n) is 14.0. The zero-order chi connectivity index (χ0) is 55.3. The Labute approximate surface area is 471 Å². The zero-order valence-electron chi connectivity index (χ0n) is 49.3. The Morgan fingerprint density at radius 3 is 1.47 bits per heavy atom. The Morgan fingerprint density at radius 1 is 0.443 bits per heavy atom. The molecule has 0 fully saturated rings. The average Bonchev–Trinajstić information content (AvgIpc) is 3.81. The quantitative estimate of drug-likeness (QED) is 0.155. The first-order valence-electron chi connectivity index (χ1n) is 29.2. The van der Waals surface area contributed by atoms with Crippen LogP contribution in [0.3, 0.4) is 0 Å². The summed E-state index contributed by atoms with van der Waals surface area (Å²) in [6.07, 6.45) is 4.50. The molecule has 398 valence electrons. The number of fused-ring (bicyclic) bond motifs is 8. The normalized spacial score (nSPS) is 17.4. The zero-order valence-corrected chi connectivity index (χ0v) is 49.3. The van der Waals surface area contributed by atoms with E-state index in [1.165, 1.54) is 66.5 Å². The van der Waals surface area contributed by atoms with Crippen molar-refractivity contribution in [3.63, 3.8) is 0 Å². The molecule has 4 aliphatic rings. The molecule has 0 N–H and O–H groups in total. The molecule has 0 atom stereocenters. The average molecular weight is 1040 g/mol. The molecule has 5 heteroatoms. The predicted molar refractivity (Wildman–Crippen MR) is 338 cm³/mol. The van der Waals surface area contributed by atoms with Gasteiger partial charge in [-0.15, -0.1) is 0 Å². The molecule has 4 nitrogen and oxygen atoms in total. The lowest BCUT2D eigenvalue weighted by Crippen LogP contribution is -2.61. The highest BCUT2D eigenvalue weighted by atomic mass is 16.3. The third kappa shape index (κ3) is 8.22. The summed E-state index contributed by atoms with van der Waals surface area (Å²) in [4.78, 5) is 7.74. The molecule has 8 aromatic carbocycles. The van der Waals surface area contributed by atoms with Crippen molar-refractivity contribution in [2.75, 3.05) is 14.7 Å². The first kappa shape index (κ1) is 51.2. The van der Waals surface area contributed by atoms with Gasteiger partial charge in [0.05, 0.1) is 22.7 Å². The standard InChI is InChI=1S/C74H78BN3O/c1-69(2,3)48-30-33-52(34-31-48)77-63-41-53(76(50-26-20-16-21-27-50)51-28-22-17-23-29-51)42-64-66(63)75(68-67(77)55-43-56-59(46-65(55)79-68)74(13,14)39-36-71(56,7)8)60-44-57-58(73(11,12)38-37-72(57,9)10)45-62(60)78(64)61-35-32-49(70(4,5)6)40-54(61)47-24-18-15-19-25-47/h15-35,40-46H,36-39H2,1-14H3. The Morgan fingerprint density at radius 2 is 0.924 bits per heavy atom. The minimum atomic E-state index is -0.224. The van der Waals surface area contributed by atoms with E-state index in [0.29, 0.717) is 0 Å². The lowest BCUT2D eigenvalue weighted by Gasteiger charge is -2.47. The van der Waals surface area contributed by atoms with Crippen LogP contribution < -0.4 is 31.3 Å². The first-order chi connectivity index (χ1) is 37.4. The molecule has 0 saturated heterocycles. The van der Waals surface area contributed by atoms with E-state index < -0.39 is 0 Å². The van der Waals surface area contributed by atoms with Crippen LogP contribution in [0.25, 0.3) is 22.1 Å². The smallest absolute Gasteiger partial charge is 0.297 e. The number of rotatable bonds is 6. The van der Waals surface area contributed by atoms with E-state index in [1.54, 1.807) is 0 Å². The molecule has 2 aliphatic carbocycles. The number of anilines is 9. The summed E-state index contributed by atoms with van der Waals surface area (Å²) >= 11 is 0. The van der Waals surface area contributed by atoms with Gasteiger partial charge in [-0.25, -0.2) is 0 Å². The largest absolute Gasteiger partial charge is 0.468 e. The molecule has 79 heavy (non-hydrogen) atoms. The van der Waals surface area contributed by atoms with Crippen LogP contribution in [0.4, 0.5) is 51.2 Å². The van der Waals surface area contributed by atoms with Gasteiger partial charge in [0.25, 0.3) is 6.71 Å². The molecule has 0 spiro atoms. The maximum Gasteiger partial charge on any atom is 0.297 e. The van der Waals surface area contributed by atoms with Crippen molar-refractivity contribution < 1.29 is 4.42 Å². The topological polar surface area (TPSA) is 22.9 Å². The van der Waals surface area contributed by atoms with Crippen LogP contribution in [-0.4, -0.2) is 6.71 Å². The lowest BCUT2D eigenvalue weighted by molar-refractivity contribution is 0.332. The van der Waals surface area contributed by atoms with Gasteiger partial charge in [0.2, 0.25) is 0 Å². The molecule has 13 rings (SSSR count). The number of nitrogens with zero attached hydrogens (tertiary/aromatic N) is 3. The summed E-state index contributed by atoms with van der Waals surface area (Å²) in [7, 11) is 0. The fourth-order valence-corrected chi connectivity index (χ4v) is 14.0. The molecule has 0 amide bonds. The van der Waals surface area contributed by atoms with Crippen LogP contribution in [0.5, 0.6) is 0 Å². The molecule has 9 aromatic rings. The van der Waals surface area contributed by atoms with E-state index in [2.05, 4.69) is 281 Å². The Kier molecular flexibility index (Phi) is 11.4. The van der Waals surface area contributed by atoms with Gasteiger partial charge >= 0.3 is 0 Å². The second-order valence-electron chi connectivity index (χ2n) is 28.4. The summed E-state index contributed by atoms with van der Waals surface area (Å²) < 4.78 is 7.82. The lowest BCUT2D eigenvalue weighted by atomic mass is 9.35. The van der Waals surface area contributed by atoms with E-state index in [9.17, 15) is 0 Å². The first-order valence-corrected chi connectivity index (χ1v) is 29.2. The van der Waals surface area contributed by atoms with E-state index in [0.717, 1.165) is 82.4 Å². The third-order valence-electron chi connectivity index (χ3n) is 19.1. The molecule has 1 aromatic heterocycles. The van der Waals surface area contributed by atoms with Crippen LogP contribution in [0.1, 0.15) is 156 Å². The summed E-state index contributed by atoms with van der Waals surface area (Å²) in [5, 5.41) is 1.17. The molecular weight excluding hydrogens is 958 g/mol. The van der Waals surface area contributed by atoms with Crippen LogP contribution in [0.2, 0.25) is 0 Å². The second kappa shape index (κ2) is 17.6. The van der Waals surface area contributed by atoms with Crippen molar-refractivity contribution in [2.24, 2.45) is 0 Å². The van der Waals surface area contributed by atoms with Crippen molar-refractivity contribution in [1.29, 1.82) is 0 Å². The van der Waals surface area contributed by atoms with Crippen LogP contribution in [0.15, 0.2) is 174 Å². The minimum absolute atomic E-state index is 0.00441. The molecule has 3 heterocycles. The van der Waals surface area contributed by atoms with Crippen molar-refractivity contribution >= 4 is 85.5 Å². The highest BCUT2D eigenvalue weighted by Crippen LogP contribution is 2.56. The molecule has 0 radical (unpaired) electrons. The maximum absolute atomic E-state index is 7.82. The Hall–Kier alpha value is -7.24. The van der Waals surface area contributed by atoms with Gasteiger partial charge in [0.15, 0.2) is 0 Å². The Balaban J connectivity index is 1.23. The number of para-hydroxylation sites is 2. The highest BCUT2D eigenvalue weighted by molar-refractivity contribution is 7.00. The van der Waals surface area contributed by atoms with Crippen LogP contribution >= 0.6 is 0 Å². The van der Waals surface area contributed by atoms with Crippen molar-refractivity contribution in [1.82, 2.24) is 0 Å². The highest BCUT2D eigenvalue weighted by Gasteiger charge is 2.50. The van der Waals surface area contributed by atoms with Crippen molar-refractivity contribution in [3.8, 4) is 11.1 Å². The number of benzene rings is 8. The molecule has 0 unspecified atom stereocenters. The van der Waals surface area contributed by atoms with Gasteiger partial charge in [0, 0.05) is 45.1 Å². The van der Waals surface area contributed by atoms with Gasteiger partial charge in [-0.3, -0.25) is 0 Å². The van der Waals surface area contributed by atoms with Crippen molar-refractivity contribution in [3.05, 3.63) is 203 Å². The van der Waals surface area contributed by atoms with E-state index >= 15 is 0 Å². The molecule has 0 bridgehead atoms. The SMILES string of the molecule is CC(C)(C)c1ccc(N2c3cc(N(c4ccccc4)c4ccccc4)cc4c3B(c3cc5c(cc3N4c3ccc(C(C)(C)C)cc3-c3ccccc3)C(C)(C)CCC5(C)C)c3oc4cc5c(cc4c32)C(C)(C)CCC5(C)C)cc1. The van der Waals surface area contributed by atoms with Gasteiger partial charge in [-0.1, -0.05) is 188 Å². The summed E-state index contributed by atoms with van der Waals surface area (Å²) in [6, 6.07) is 65.1. The van der Waals surface area contributed by atoms with Crippen molar-refractivity contribution in [2.45, 2.75) is 155 Å². The number of hydrogen-bond acceptors (Lipinski definition) is 4. The van der Waals surface area contributed by atoms with E-state index in [1.807, 2.05) is 0 Å². The molecular formula is C74H78BN3O. The maximum atomic E-state index is 7.82. The summed E-state index contributed by atoms with van der Waals surface area (Å²) in [5.41, 5.74) is 25.3. The summed E-state index contributed by atoms with van der Waals surface area (Å²) in [6.45, 7) is 33.4. The van der Waals surface area contributed by atoms with E-state index in [-0.39, 0.29) is 39.2 Å². The third-order valence-corrected chi connectivity index (χ3v) is 19.1. The van der Waals surface area contributed by atoms with Gasteiger partial charge in [-0.2, -0.15) is 0 Å². The number of hydrogen-bond donors (Lipinski definition) is 0. The van der Waals surface area contributed by atoms with Crippen LogP contribution in [0, 0.1) is 0 Å².